The lowest BCUT2D eigenvalue weighted by Crippen LogP contribution is -2.40. The van der Waals surface area contributed by atoms with Gasteiger partial charge in [0.2, 0.25) is 5.92 Å². The van der Waals surface area contributed by atoms with Crippen LogP contribution in [0.15, 0.2) is 24.5 Å². The summed E-state index contributed by atoms with van der Waals surface area (Å²) in [6, 6.07) is 5.41. The van der Waals surface area contributed by atoms with E-state index in [4.69, 9.17) is 0 Å². The van der Waals surface area contributed by atoms with E-state index in [0.29, 0.717) is 11.0 Å². The van der Waals surface area contributed by atoms with Crippen LogP contribution < -0.4 is 4.90 Å². The van der Waals surface area contributed by atoms with E-state index in [2.05, 4.69) is 28.7 Å². The van der Waals surface area contributed by atoms with Gasteiger partial charge in [0.15, 0.2) is 0 Å². The van der Waals surface area contributed by atoms with Crippen LogP contribution in [-0.2, 0) is 6.42 Å². The average Bonchev–Trinajstić information content (AvgIpc) is 2.60. The van der Waals surface area contributed by atoms with Crippen molar-refractivity contribution in [3.63, 3.8) is 0 Å². The van der Waals surface area contributed by atoms with Gasteiger partial charge in [-0.05, 0) is 42.9 Å². The third-order valence-electron chi connectivity index (χ3n) is 5.82. The summed E-state index contributed by atoms with van der Waals surface area (Å²) in [5.74, 6) is -1.83. The first-order valence-electron chi connectivity index (χ1n) is 9.22. The number of hydrogen-bond acceptors (Lipinski definition) is 3. The summed E-state index contributed by atoms with van der Waals surface area (Å²) in [6.45, 7) is 7.43. The Balaban J connectivity index is 1.90. The number of benzene rings is 1. The van der Waals surface area contributed by atoms with Crippen molar-refractivity contribution in [1.82, 2.24) is 9.97 Å². The van der Waals surface area contributed by atoms with Gasteiger partial charge in [0, 0.05) is 24.9 Å². The molecule has 0 spiro atoms. The molecule has 3 rings (SSSR count). The van der Waals surface area contributed by atoms with Crippen molar-refractivity contribution in [2.45, 2.75) is 58.8 Å². The third-order valence-corrected chi connectivity index (χ3v) is 5.82. The van der Waals surface area contributed by atoms with Gasteiger partial charge in [-0.15, -0.1) is 0 Å². The number of fused-ring (bicyclic) bond motifs is 1. The zero-order valence-electron chi connectivity index (χ0n) is 15.4. The molecular formula is C20H27F2N3. The summed E-state index contributed by atoms with van der Waals surface area (Å²) in [6.07, 6.45) is 6.03. The minimum Gasteiger partial charge on any atom is -0.356 e. The molecule has 1 aromatic heterocycles. The van der Waals surface area contributed by atoms with Gasteiger partial charge in [-0.1, -0.05) is 32.8 Å². The highest BCUT2D eigenvalue weighted by Gasteiger charge is 2.32. The molecule has 1 saturated heterocycles. The molecule has 2 aromatic rings. The summed E-state index contributed by atoms with van der Waals surface area (Å²) in [5, 5.41) is 0.879. The monoisotopic (exact) mass is 347 g/mol. The van der Waals surface area contributed by atoms with E-state index in [-0.39, 0.29) is 6.42 Å². The van der Waals surface area contributed by atoms with Crippen molar-refractivity contribution < 1.29 is 8.78 Å². The van der Waals surface area contributed by atoms with Crippen LogP contribution in [0.3, 0.4) is 0 Å². The van der Waals surface area contributed by atoms with Crippen molar-refractivity contribution >= 4 is 16.7 Å². The Morgan fingerprint density at radius 2 is 1.80 bits per heavy atom. The molecule has 0 atom stereocenters. The first-order valence-corrected chi connectivity index (χ1v) is 9.22. The minimum atomic E-state index is -2.71. The zero-order valence-corrected chi connectivity index (χ0v) is 15.4. The maximum Gasteiger partial charge on any atom is 0.249 e. The number of anilines is 1. The number of nitrogens with zero attached hydrogens (tertiary/aromatic N) is 3. The molecule has 1 aliphatic heterocycles. The van der Waals surface area contributed by atoms with Gasteiger partial charge in [-0.3, -0.25) is 0 Å². The summed E-state index contributed by atoms with van der Waals surface area (Å²) < 4.78 is 26.8. The Kier molecular flexibility index (Phi) is 4.94. The molecule has 0 N–H and O–H groups in total. The summed E-state index contributed by atoms with van der Waals surface area (Å²) in [7, 11) is 0. The third kappa shape index (κ3) is 3.91. The number of halogens is 2. The van der Waals surface area contributed by atoms with E-state index in [9.17, 15) is 8.78 Å². The Morgan fingerprint density at radius 3 is 2.40 bits per heavy atom. The summed E-state index contributed by atoms with van der Waals surface area (Å²) in [5.41, 5.74) is 1.88. The Labute approximate surface area is 148 Å². The van der Waals surface area contributed by atoms with E-state index in [0.717, 1.165) is 49.6 Å². The quantitative estimate of drug-likeness (QED) is 0.741. The molecule has 0 bridgehead atoms. The number of piperidine rings is 1. The number of hydrogen-bond donors (Lipinski definition) is 0. The van der Waals surface area contributed by atoms with Gasteiger partial charge >= 0.3 is 0 Å². The maximum atomic E-state index is 13.4. The average molecular weight is 347 g/mol. The fraction of sp³-hybridized carbons (Fsp3) is 0.600. The highest BCUT2D eigenvalue weighted by molar-refractivity contribution is 5.89. The second kappa shape index (κ2) is 6.85. The fourth-order valence-electron chi connectivity index (χ4n) is 3.96. The van der Waals surface area contributed by atoms with E-state index in [1.165, 1.54) is 12.8 Å². The fourth-order valence-corrected chi connectivity index (χ4v) is 3.96. The highest BCUT2D eigenvalue weighted by atomic mass is 19.3. The first kappa shape index (κ1) is 18.0. The van der Waals surface area contributed by atoms with Crippen LogP contribution in [0.1, 0.15) is 52.0 Å². The molecule has 1 aromatic carbocycles. The van der Waals surface area contributed by atoms with Crippen LogP contribution in [0, 0.1) is 5.41 Å². The van der Waals surface area contributed by atoms with Gasteiger partial charge in [0.1, 0.15) is 12.1 Å². The normalized spacial score (nSPS) is 17.9. The lowest BCUT2D eigenvalue weighted by molar-refractivity contribution is 0.0226. The maximum absolute atomic E-state index is 13.4. The Morgan fingerprint density at radius 1 is 1.12 bits per heavy atom. The summed E-state index contributed by atoms with van der Waals surface area (Å²) in [4.78, 5) is 11.1. The summed E-state index contributed by atoms with van der Waals surface area (Å²) >= 11 is 0. The van der Waals surface area contributed by atoms with Gasteiger partial charge in [0.05, 0.1) is 5.52 Å². The molecule has 25 heavy (non-hydrogen) atoms. The van der Waals surface area contributed by atoms with Gasteiger partial charge in [0.25, 0.3) is 0 Å². The lowest BCUT2D eigenvalue weighted by atomic mass is 9.74. The molecule has 0 aliphatic carbocycles. The van der Waals surface area contributed by atoms with Crippen LogP contribution in [0.5, 0.6) is 0 Å². The highest BCUT2D eigenvalue weighted by Crippen LogP contribution is 2.39. The predicted molar refractivity (Wildman–Crippen MR) is 98.3 cm³/mol. The SMILES string of the molecule is CCC1(CC)CCN(c2ncnc3ccc(CC(C)(F)F)cc23)CC1. The zero-order chi connectivity index (χ0) is 18.1. The molecule has 2 heterocycles. The van der Waals surface area contributed by atoms with E-state index >= 15 is 0 Å². The van der Waals surface area contributed by atoms with Crippen LogP contribution in [0.2, 0.25) is 0 Å². The van der Waals surface area contributed by atoms with Gasteiger partial charge < -0.3 is 4.90 Å². The number of alkyl halides is 2. The predicted octanol–water partition coefficient (Wildman–Crippen LogP) is 5.23. The van der Waals surface area contributed by atoms with Crippen molar-refractivity contribution in [3.05, 3.63) is 30.1 Å². The van der Waals surface area contributed by atoms with Crippen molar-refractivity contribution in [2.75, 3.05) is 18.0 Å². The second-order valence-corrected chi connectivity index (χ2v) is 7.49. The van der Waals surface area contributed by atoms with E-state index in [1.807, 2.05) is 12.1 Å². The molecule has 0 unspecified atom stereocenters. The molecule has 3 nitrogen and oxygen atoms in total. The van der Waals surface area contributed by atoms with Crippen molar-refractivity contribution in [3.8, 4) is 0 Å². The topological polar surface area (TPSA) is 29.0 Å². The molecule has 0 radical (unpaired) electrons. The molecule has 136 valence electrons. The first-order chi connectivity index (χ1) is 11.9. The van der Waals surface area contributed by atoms with E-state index in [1.54, 1.807) is 12.4 Å². The minimum absolute atomic E-state index is 0.258. The number of rotatable bonds is 5. The second-order valence-electron chi connectivity index (χ2n) is 7.49. The van der Waals surface area contributed by atoms with Gasteiger partial charge in [-0.25, -0.2) is 18.7 Å². The molecule has 5 heteroatoms. The molecular weight excluding hydrogens is 320 g/mol. The Hall–Kier alpha value is -1.78. The standard InChI is InChI=1S/C20H27F2N3/c1-4-20(5-2)8-10-25(11-9-20)18-16-12-15(13-19(3,21)22)6-7-17(16)23-14-24-18/h6-7,12,14H,4-5,8-11,13H2,1-3H3. The smallest absolute Gasteiger partial charge is 0.249 e. The molecule has 0 saturated carbocycles. The van der Waals surface area contributed by atoms with Gasteiger partial charge in [-0.2, -0.15) is 0 Å². The molecule has 1 fully saturated rings. The number of aromatic nitrogens is 2. The Bertz CT molecular complexity index is 725. The molecule has 0 amide bonds. The van der Waals surface area contributed by atoms with Crippen molar-refractivity contribution in [1.29, 1.82) is 0 Å². The van der Waals surface area contributed by atoms with E-state index < -0.39 is 5.92 Å². The van der Waals surface area contributed by atoms with Crippen LogP contribution in [0.4, 0.5) is 14.6 Å². The lowest BCUT2D eigenvalue weighted by Gasteiger charge is -2.41. The van der Waals surface area contributed by atoms with Crippen LogP contribution >= 0.6 is 0 Å². The molecule has 1 aliphatic rings. The van der Waals surface area contributed by atoms with Crippen LogP contribution in [0.25, 0.3) is 10.9 Å². The van der Waals surface area contributed by atoms with Crippen LogP contribution in [-0.4, -0.2) is 29.0 Å². The van der Waals surface area contributed by atoms with Crippen molar-refractivity contribution in [2.24, 2.45) is 5.41 Å². The largest absolute Gasteiger partial charge is 0.356 e.